The smallest absolute Gasteiger partial charge is 0.313 e. The molecule has 0 aliphatic heterocycles. The predicted octanol–water partition coefficient (Wildman–Crippen LogP) is 2.02. The van der Waals surface area contributed by atoms with Crippen molar-refractivity contribution in [1.82, 2.24) is 0 Å². The molecule has 0 bridgehead atoms. The van der Waals surface area contributed by atoms with Crippen LogP contribution in [0.25, 0.3) is 0 Å². The third-order valence-corrected chi connectivity index (χ3v) is 2.22. The van der Waals surface area contributed by atoms with Gasteiger partial charge in [-0.25, -0.2) is 0 Å². The average Bonchev–Trinajstić information content (AvgIpc) is 2.26. The van der Waals surface area contributed by atoms with Gasteiger partial charge >= 0.3 is 5.97 Å². The van der Waals surface area contributed by atoms with Gasteiger partial charge in [0.2, 0.25) is 0 Å². The average molecular weight is 232 g/mol. The van der Waals surface area contributed by atoms with E-state index in [2.05, 4.69) is 11.7 Å². The SMILES string of the molecule is CCCCOCCOCC(C)(C)C(=O)OC. The van der Waals surface area contributed by atoms with Crippen molar-refractivity contribution in [3.05, 3.63) is 0 Å². The Kier molecular flexibility index (Phi) is 8.21. The van der Waals surface area contributed by atoms with Crippen LogP contribution in [0.5, 0.6) is 0 Å². The standard InChI is InChI=1S/C12H24O4/c1-5-6-7-15-8-9-16-10-12(2,3)11(13)14-4/h5-10H2,1-4H3. The molecule has 0 aliphatic rings. The lowest BCUT2D eigenvalue weighted by atomic mass is 9.95. The first-order chi connectivity index (χ1) is 7.54. The summed E-state index contributed by atoms with van der Waals surface area (Å²) < 4.78 is 15.4. The van der Waals surface area contributed by atoms with Crippen molar-refractivity contribution in [2.24, 2.45) is 5.41 Å². The summed E-state index contributed by atoms with van der Waals surface area (Å²) in [6.45, 7) is 7.96. The fourth-order valence-corrected chi connectivity index (χ4v) is 1.13. The minimum atomic E-state index is -0.585. The first kappa shape index (κ1) is 15.4. The Bertz CT molecular complexity index is 189. The van der Waals surface area contributed by atoms with Gasteiger partial charge in [0.05, 0.1) is 32.3 Å². The molecule has 0 atom stereocenters. The second-order valence-corrected chi connectivity index (χ2v) is 4.39. The van der Waals surface area contributed by atoms with Gasteiger partial charge in [-0.05, 0) is 20.3 Å². The number of hydrogen-bond donors (Lipinski definition) is 0. The largest absolute Gasteiger partial charge is 0.469 e. The van der Waals surface area contributed by atoms with Crippen LogP contribution in [0.15, 0.2) is 0 Å². The lowest BCUT2D eigenvalue weighted by Crippen LogP contribution is -2.31. The third-order valence-electron chi connectivity index (χ3n) is 2.22. The molecule has 0 aliphatic carbocycles. The van der Waals surface area contributed by atoms with Gasteiger partial charge in [0, 0.05) is 6.61 Å². The van der Waals surface area contributed by atoms with Gasteiger partial charge in [-0.15, -0.1) is 0 Å². The number of unbranched alkanes of at least 4 members (excludes halogenated alkanes) is 1. The first-order valence-corrected chi connectivity index (χ1v) is 5.78. The lowest BCUT2D eigenvalue weighted by molar-refractivity contribution is -0.154. The minimum Gasteiger partial charge on any atom is -0.469 e. The van der Waals surface area contributed by atoms with E-state index in [-0.39, 0.29) is 5.97 Å². The molecule has 0 aromatic carbocycles. The van der Waals surface area contributed by atoms with Gasteiger partial charge in [0.25, 0.3) is 0 Å². The molecule has 0 fully saturated rings. The highest BCUT2D eigenvalue weighted by molar-refractivity contribution is 5.75. The van der Waals surface area contributed by atoms with Crippen LogP contribution in [-0.4, -0.2) is 39.5 Å². The van der Waals surface area contributed by atoms with Crippen molar-refractivity contribution in [3.63, 3.8) is 0 Å². The number of hydrogen-bond acceptors (Lipinski definition) is 4. The topological polar surface area (TPSA) is 44.8 Å². The third kappa shape index (κ3) is 6.80. The fourth-order valence-electron chi connectivity index (χ4n) is 1.13. The number of carbonyl (C=O) groups is 1. The summed E-state index contributed by atoms with van der Waals surface area (Å²) in [6, 6.07) is 0. The van der Waals surface area contributed by atoms with Gasteiger partial charge in [-0.1, -0.05) is 13.3 Å². The van der Waals surface area contributed by atoms with Crippen LogP contribution in [0.1, 0.15) is 33.6 Å². The van der Waals surface area contributed by atoms with E-state index < -0.39 is 5.41 Å². The van der Waals surface area contributed by atoms with Crippen molar-refractivity contribution in [1.29, 1.82) is 0 Å². The molecule has 0 aromatic rings. The van der Waals surface area contributed by atoms with Gasteiger partial charge in [0.15, 0.2) is 0 Å². The molecule has 0 unspecified atom stereocenters. The lowest BCUT2D eigenvalue weighted by Gasteiger charge is -2.21. The summed E-state index contributed by atoms with van der Waals surface area (Å²) in [5, 5.41) is 0. The monoisotopic (exact) mass is 232 g/mol. The van der Waals surface area contributed by atoms with Crippen LogP contribution in [0.3, 0.4) is 0 Å². The molecule has 0 N–H and O–H groups in total. The van der Waals surface area contributed by atoms with Crippen molar-refractivity contribution in [2.45, 2.75) is 33.6 Å². The molecule has 0 amide bonds. The summed E-state index contributed by atoms with van der Waals surface area (Å²) in [5.41, 5.74) is -0.585. The summed E-state index contributed by atoms with van der Waals surface area (Å²) in [4.78, 5) is 11.3. The number of methoxy groups -OCH3 is 1. The van der Waals surface area contributed by atoms with E-state index in [1.165, 1.54) is 7.11 Å². The van der Waals surface area contributed by atoms with Crippen LogP contribution >= 0.6 is 0 Å². The van der Waals surface area contributed by atoms with E-state index >= 15 is 0 Å². The van der Waals surface area contributed by atoms with Crippen LogP contribution in [-0.2, 0) is 19.0 Å². The summed E-state index contributed by atoms with van der Waals surface area (Å²) >= 11 is 0. The summed E-state index contributed by atoms with van der Waals surface area (Å²) in [5.74, 6) is -0.251. The molecule has 0 heterocycles. The van der Waals surface area contributed by atoms with E-state index in [9.17, 15) is 4.79 Å². The maximum absolute atomic E-state index is 11.3. The number of ether oxygens (including phenoxy) is 3. The Hall–Kier alpha value is -0.610. The molecule has 4 nitrogen and oxygen atoms in total. The molecule has 96 valence electrons. The highest BCUT2D eigenvalue weighted by Gasteiger charge is 2.28. The Morgan fingerprint density at radius 1 is 1.12 bits per heavy atom. The molecule has 16 heavy (non-hydrogen) atoms. The zero-order chi connectivity index (χ0) is 12.4. The zero-order valence-electron chi connectivity index (χ0n) is 10.9. The second-order valence-electron chi connectivity index (χ2n) is 4.39. The molecule has 0 saturated carbocycles. The van der Waals surface area contributed by atoms with E-state index in [1.807, 2.05) is 0 Å². The molecular weight excluding hydrogens is 208 g/mol. The highest BCUT2D eigenvalue weighted by Crippen LogP contribution is 2.16. The van der Waals surface area contributed by atoms with Crippen LogP contribution in [0.2, 0.25) is 0 Å². The Morgan fingerprint density at radius 2 is 1.75 bits per heavy atom. The minimum absolute atomic E-state index is 0.251. The van der Waals surface area contributed by atoms with Gasteiger partial charge in [0.1, 0.15) is 0 Å². The van der Waals surface area contributed by atoms with Crippen molar-refractivity contribution < 1.29 is 19.0 Å². The molecule has 4 heteroatoms. The molecule has 0 saturated heterocycles. The summed E-state index contributed by atoms with van der Waals surface area (Å²) in [7, 11) is 1.39. The highest BCUT2D eigenvalue weighted by atomic mass is 16.5. The second kappa shape index (κ2) is 8.53. The number of esters is 1. The quantitative estimate of drug-likeness (QED) is 0.450. The molecule has 0 aromatic heterocycles. The van der Waals surface area contributed by atoms with Crippen molar-refractivity contribution >= 4 is 5.97 Å². The number of carbonyl (C=O) groups excluding carboxylic acids is 1. The van der Waals surface area contributed by atoms with Crippen LogP contribution in [0.4, 0.5) is 0 Å². The summed E-state index contributed by atoms with van der Waals surface area (Å²) in [6.07, 6.45) is 2.21. The fraction of sp³-hybridized carbons (Fsp3) is 0.917. The van der Waals surface area contributed by atoms with Gasteiger partial charge in [-0.3, -0.25) is 4.79 Å². The predicted molar refractivity (Wildman–Crippen MR) is 62.3 cm³/mol. The maximum atomic E-state index is 11.3. The Morgan fingerprint density at radius 3 is 2.31 bits per heavy atom. The Labute approximate surface area is 98.3 Å². The normalized spacial score (nSPS) is 11.5. The van der Waals surface area contributed by atoms with E-state index in [1.54, 1.807) is 13.8 Å². The molecule has 0 rings (SSSR count). The number of rotatable bonds is 9. The van der Waals surface area contributed by atoms with Gasteiger partial charge in [-0.2, -0.15) is 0 Å². The first-order valence-electron chi connectivity index (χ1n) is 5.78. The Balaban J connectivity index is 3.47. The zero-order valence-corrected chi connectivity index (χ0v) is 10.9. The van der Waals surface area contributed by atoms with E-state index in [0.717, 1.165) is 19.4 Å². The van der Waals surface area contributed by atoms with Crippen molar-refractivity contribution in [2.75, 3.05) is 33.5 Å². The van der Waals surface area contributed by atoms with Crippen molar-refractivity contribution in [3.8, 4) is 0 Å². The van der Waals surface area contributed by atoms with Gasteiger partial charge < -0.3 is 14.2 Å². The molecular formula is C12H24O4. The van der Waals surface area contributed by atoms with Crippen LogP contribution in [0, 0.1) is 5.41 Å². The van der Waals surface area contributed by atoms with E-state index in [4.69, 9.17) is 9.47 Å². The molecule has 0 radical (unpaired) electrons. The molecule has 0 spiro atoms. The van der Waals surface area contributed by atoms with Crippen LogP contribution < -0.4 is 0 Å². The maximum Gasteiger partial charge on any atom is 0.313 e. The van der Waals surface area contributed by atoms with E-state index in [0.29, 0.717) is 19.8 Å².